The number of benzene rings is 2. The predicted octanol–water partition coefficient (Wildman–Crippen LogP) is 4.19. The number of piperidine rings is 1. The number of hydrogen-bond acceptors (Lipinski definition) is 6. The van der Waals surface area contributed by atoms with Gasteiger partial charge in [0.25, 0.3) is 0 Å². The Morgan fingerprint density at radius 2 is 1.71 bits per heavy atom. The van der Waals surface area contributed by atoms with Crippen molar-refractivity contribution in [2.45, 2.75) is 24.7 Å². The smallest absolute Gasteiger partial charge is 0.225 e. The van der Waals surface area contributed by atoms with E-state index in [4.69, 9.17) is 5.73 Å². The number of allylic oxidation sites excluding steroid dienone is 1. The van der Waals surface area contributed by atoms with Crippen molar-refractivity contribution >= 4 is 34.3 Å². The molecule has 0 aromatic heterocycles. The van der Waals surface area contributed by atoms with Crippen LogP contribution in [-0.2, 0) is 4.79 Å². The molecule has 2 aliphatic rings. The second kappa shape index (κ2) is 12.0. The summed E-state index contributed by atoms with van der Waals surface area (Å²) in [5.41, 5.74) is 8.02. The van der Waals surface area contributed by atoms with Crippen LogP contribution in [0.15, 0.2) is 65.2 Å². The maximum Gasteiger partial charge on any atom is 0.225 e. The Kier molecular flexibility index (Phi) is 8.76. The molecule has 188 valence electrons. The van der Waals surface area contributed by atoms with Crippen LogP contribution in [0.5, 0.6) is 0 Å². The predicted molar refractivity (Wildman–Crippen MR) is 149 cm³/mol. The highest BCUT2D eigenvalue weighted by atomic mass is 32.2. The second-order valence-corrected chi connectivity index (χ2v) is 10.8. The zero-order chi connectivity index (χ0) is 24.8. The molecule has 2 N–H and O–H groups in total. The van der Waals surface area contributed by atoms with Gasteiger partial charge in [-0.2, -0.15) is 0 Å². The fourth-order valence-electron chi connectivity index (χ4n) is 5.09. The molecular weight excluding hydrogens is 454 g/mol. The van der Waals surface area contributed by atoms with Gasteiger partial charge in [-0.15, -0.1) is 0 Å². The lowest BCUT2D eigenvalue weighted by Crippen LogP contribution is -2.50. The number of nitrogens with zero attached hydrogens (tertiary/aromatic N) is 4. The van der Waals surface area contributed by atoms with E-state index in [1.807, 2.05) is 24.9 Å². The average molecular weight is 494 g/mol. The van der Waals surface area contributed by atoms with Crippen LogP contribution in [0, 0.1) is 5.92 Å². The minimum atomic E-state index is 0.159. The van der Waals surface area contributed by atoms with Crippen molar-refractivity contribution in [1.29, 1.82) is 0 Å². The fourth-order valence-corrected chi connectivity index (χ4v) is 6.13. The van der Waals surface area contributed by atoms with Gasteiger partial charge in [0, 0.05) is 68.7 Å². The summed E-state index contributed by atoms with van der Waals surface area (Å²) in [6.45, 7) is 8.31. The summed E-state index contributed by atoms with van der Waals surface area (Å²) >= 11 is 1.83. The molecule has 0 saturated carbocycles. The third kappa shape index (κ3) is 6.21. The summed E-state index contributed by atoms with van der Waals surface area (Å²) in [5.74, 6) is 0.510. The molecule has 6 nitrogen and oxygen atoms in total. The highest BCUT2D eigenvalue weighted by molar-refractivity contribution is 7.97. The number of anilines is 1. The van der Waals surface area contributed by atoms with E-state index in [2.05, 4.69) is 75.6 Å². The number of likely N-dealkylation sites (tertiary alicyclic amines) is 1. The lowest BCUT2D eigenvalue weighted by Gasteiger charge is -2.38. The first-order valence-corrected chi connectivity index (χ1v) is 13.4. The summed E-state index contributed by atoms with van der Waals surface area (Å²) in [6.07, 6.45) is 7.57. The van der Waals surface area contributed by atoms with Crippen LogP contribution in [0.1, 0.15) is 19.8 Å². The third-order valence-electron chi connectivity index (χ3n) is 7.14. The van der Waals surface area contributed by atoms with E-state index in [1.165, 1.54) is 26.9 Å². The highest BCUT2D eigenvalue weighted by Gasteiger charge is 2.30. The molecule has 2 aliphatic heterocycles. The molecule has 0 aliphatic carbocycles. The molecule has 7 heteroatoms. The normalized spacial score (nSPS) is 19.1. The Morgan fingerprint density at radius 3 is 2.37 bits per heavy atom. The van der Waals surface area contributed by atoms with Gasteiger partial charge in [0.2, 0.25) is 5.91 Å². The number of fused-ring (bicyclic) bond motifs is 1. The van der Waals surface area contributed by atoms with E-state index in [9.17, 15) is 4.79 Å². The van der Waals surface area contributed by atoms with Gasteiger partial charge in [-0.3, -0.25) is 9.69 Å². The maximum absolute atomic E-state index is 13.2. The van der Waals surface area contributed by atoms with Crippen molar-refractivity contribution in [2.75, 3.05) is 64.8 Å². The van der Waals surface area contributed by atoms with Crippen LogP contribution >= 0.6 is 11.9 Å². The van der Waals surface area contributed by atoms with Gasteiger partial charge in [0.15, 0.2) is 0 Å². The van der Waals surface area contributed by atoms with E-state index >= 15 is 0 Å². The molecule has 2 saturated heterocycles. The zero-order valence-electron chi connectivity index (χ0n) is 21.3. The van der Waals surface area contributed by atoms with E-state index in [1.54, 1.807) is 6.20 Å². The quantitative estimate of drug-likeness (QED) is 0.461. The van der Waals surface area contributed by atoms with Gasteiger partial charge < -0.3 is 15.5 Å². The summed E-state index contributed by atoms with van der Waals surface area (Å²) in [5, 5.41) is 2.57. The molecule has 2 heterocycles. The maximum atomic E-state index is 13.2. The number of amides is 1. The number of carbonyl (C=O) groups is 1. The molecule has 4 rings (SSSR count). The standard InChI is InChI=1S/C28H39N5OS/c1-4-22(11-14-29)21-31-15-12-23(13-16-31)28(34)32-17-19-33(20-18-32)35-27-10-6-7-24-25(27)8-5-9-26(24)30(2)3/h4-11,14,23H,12-13,15-21,29H2,1-3H3/b14-11-,22-4+. The Morgan fingerprint density at radius 1 is 1.03 bits per heavy atom. The summed E-state index contributed by atoms with van der Waals surface area (Å²) in [7, 11) is 4.18. The zero-order valence-corrected chi connectivity index (χ0v) is 22.1. The largest absolute Gasteiger partial charge is 0.405 e. The molecule has 1 amide bonds. The lowest BCUT2D eigenvalue weighted by atomic mass is 9.94. The summed E-state index contributed by atoms with van der Waals surface area (Å²) in [6, 6.07) is 13.1. The van der Waals surface area contributed by atoms with E-state index in [0.29, 0.717) is 5.91 Å². The second-order valence-electron chi connectivity index (χ2n) is 9.64. The van der Waals surface area contributed by atoms with Gasteiger partial charge in [-0.25, -0.2) is 4.31 Å². The van der Waals surface area contributed by atoms with Gasteiger partial charge in [-0.05, 0) is 80.2 Å². The lowest BCUT2D eigenvalue weighted by molar-refractivity contribution is -0.138. The monoisotopic (exact) mass is 493 g/mol. The topological polar surface area (TPSA) is 56.1 Å². The van der Waals surface area contributed by atoms with Crippen LogP contribution in [0.2, 0.25) is 0 Å². The molecule has 0 radical (unpaired) electrons. The van der Waals surface area contributed by atoms with Crippen LogP contribution < -0.4 is 10.6 Å². The Labute approximate surface area is 214 Å². The van der Waals surface area contributed by atoms with E-state index < -0.39 is 0 Å². The Hall–Kier alpha value is -2.48. The van der Waals surface area contributed by atoms with E-state index in [0.717, 1.165) is 58.7 Å². The average Bonchev–Trinajstić information content (AvgIpc) is 2.88. The van der Waals surface area contributed by atoms with Crippen LogP contribution in [0.25, 0.3) is 10.8 Å². The third-order valence-corrected chi connectivity index (χ3v) is 8.32. The number of piperazine rings is 1. The van der Waals surface area contributed by atoms with Crippen molar-refractivity contribution < 1.29 is 4.79 Å². The molecule has 2 fully saturated rings. The molecule has 0 bridgehead atoms. The van der Waals surface area contributed by atoms with Crippen molar-refractivity contribution in [2.24, 2.45) is 11.7 Å². The number of nitrogens with two attached hydrogens (primary N) is 1. The number of carbonyl (C=O) groups excluding carboxylic acids is 1. The SMILES string of the molecule is C/C=C(\C=C/N)CN1CCC(C(=O)N2CCN(Sc3cccc4c(N(C)C)cccc34)CC2)CC1. The van der Waals surface area contributed by atoms with Crippen molar-refractivity contribution in [3.8, 4) is 0 Å². The Bertz CT molecular complexity index is 1070. The van der Waals surface area contributed by atoms with Crippen molar-refractivity contribution in [3.05, 3.63) is 60.3 Å². The molecule has 2 aromatic rings. The summed E-state index contributed by atoms with van der Waals surface area (Å²) in [4.78, 5) is 21.2. The van der Waals surface area contributed by atoms with Gasteiger partial charge in [-0.1, -0.05) is 30.3 Å². The van der Waals surface area contributed by atoms with Crippen molar-refractivity contribution in [1.82, 2.24) is 14.1 Å². The molecule has 0 atom stereocenters. The van der Waals surface area contributed by atoms with E-state index in [-0.39, 0.29) is 5.92 Å². The van der Waals surface area contributed by atoms with Crippen LogP contribution in [0.3, 0.4) is 0 Å². The van der Waals surface area contributed by atoms with Crippen molar-refractivity contribution in [3.63, 3.8) is 0 Å². The van der Waals surface area contributed by atoms with Gasteiger partial charge >= 0.3 is 0 Å². The van der Waals surface area contributed by atoms with Gasteiger partial charge in [0.05, 0.1) is 0 Å². The minimum Gasteiger partial charge on any atom is -0.405 e. The fraction of sp³-hybridized carbons (Fsp3) is 0.464. The Balaban J connectivity index is 1.29. The first-order chi connectivity index (χ1) is 17.0. The first kappa shape index (κ1) is 25.6. The summed E-state index contributed by atoms with van der Waals surface area (Å²) < 4.78 is 2.41. The van der Waals surface area contributed by atoms with Crippen LogP contribution in [-0.4, -0.2) is 79.9 Å². The number of hydrogen-bond donors (Lipinski definition) is 1. The highest BCUT2D eigenvalue weighted by Crippen LogP contribution is 2.35. The molecule has 0 unspecified atom stereocenters. The number of rotatable bonds is 7. The van der Waals surface area contributed by atoms with Gasteiger partial charge in [0.1, 0.15) is 0 Å². The molecular formula is C28H39N5OS. The minimum absolute atomic E-state index is 0.159. The molecule has 35 heavy (non-hydrogen) atoms. The first-order valence-electron chi connectivity index (χ1n) is 12.7. The van der Waals surface area contributed by atoms with Crippen LogP contribution in [0.4, 0.5) is 5.69 Å². The molecule has 2 aromatic carbocycles. The molecule has 0 spiro atoms.